The largest absolute Gasteiger partial charge is 0.493 e. The molecule has 5 heteroatoms. The normalized spacial score (nSPS) is 15.7. The van der Waals surface area contributed by atoms with Gasteiger partial charge in [-0.2, -0.15) is 0 Å². The summed E-state index contributed by atoms with van der Waals surface area (Å²) in [5, 5.41) is 0. The SMILES string of the molecule is COc1cc(-c2cccc3c2O[C@H](CN)C3)cc(OC)c1OC. The summed E-state index contributed by atoms with van der Waals surface area (Å²) in [5.74, 6) is 2.70. The van der Waals surface area contributed by atoms with E-state index >= 15 is 0 Å². The van der Waals surface area contributed by atoms with E-state index in [-0.39, 0.29) is 6.10 Å². The van der Waals surface area contributed by atoms with E-state index in [0.29, 0.717) is 23.8 Å². The fourth-order valence-corrected chi connectivity index (χ4v) is 2.93. The van der Waals surface area contributed by atoms with E-state index in [9.17, 15) is 0 Å². The molecule has 2 N–H and O–H groups in total. The molecule has 1 aliphatic rings. The van der Waals surface area contributed by atoms with Crippen LogP contribution in [-0.4, -0.2) is 34.0 Å². The minimum Gasteiger partial charge on any atom is -0.493 e. The second-order valence-electron chi connectivity index (χ2n) is 5.39. The summed E-state index contributed by atoms with van der Waals surface area (Å²) in [6, 6.07) is 9.98. The highest BCUT2D eigenvalue weighted by atomic mass is 16.5. The maximum Gasteiger partial charge on any atom is 0.203 e. The summed E-state index contributed by atoms with van der Waals surface area (Å²) in [6.07, 6.45) is 0.873. The predicted octanol–water partition coefficient (Wildman–Crippen LogP) is 2.64. The topological polar surface area (TPSA) is 62.9 Å². The quantitative estimate of drug-likeness (QED) is 0.919. The zero-order valence-corrected chi connectivity index (χ0v) is 13.6. The molecule has 0 fully saturated rings. The van der Waals surface area contributed by atoms with Gasteiger partial charge in [0.1, 0.15) is 11.9 Å². The number of fused-ring (bicyclic) bond motifs is 1. The molecule has 0 aromatic heterocycles. The van der Waals surface area contributed by atoms with Gasteiger partial charge in [-0.25, -0.2) is 0 Å². The van der Waals surface area contributed by atoms with Crippen LogP contribution < -0.4 is 24.7 Å². The Hall–Kier alpha value is -2.40. The molecule has 122 valence electrons. The van der Waals surface area contributed by atoms with Crippen LogP contribution in [0.5, 0.6) is 23.0 Å². The Morgan fingerprint density at radius 3 is 2.35 bits per heavy atom. The van der Waals surface area contributed by atoms with Crippen LogP contribution >= 0.6 is 0 Å². The van der Waals surface area contributed by atoms with Gasteiger partial charge in [-0.05, 0) is 23.3 Å². The van der Waals surface area contributed by atoms with Crippen molar-refractivity contribution < 1.29 is 18.9 Å². The van der Waals surface area contributed by atoms with Gasteiger partial charge in [-0.1, -0.05) is 18.2 Å². The number of ether oxygens (including phenoxy) is 4. The number of hydrogen-bond acceptors (Lipinski definition) is 5. The first-order valence-corrected chi connectivity index (χ1v) is 7.50. The first kappa shape index (κ1) is 15.5. The number of benzene rings is 2. The molecule has 0 saturated heterocycles. The monoisotopic (exact) mass is 315 g/mol. The first-order valence-electron chi connectivity index (χ1n) is 7.50. The van der Waals surface area contributed by atoms with Crippen molar-refractivity contribution in [3.05, 3.63) is 35.9 Å². The van der Waals surface area contributed by atoms with Crippen LogP contribution in [0, 0.1) is 0 Å². The molecule has 0 unspecified atom stereocenters. The van der Waals surface area contributed by atoms with Crippen LogP contribution in [0.3, 0.4) is 0 Å². The van der Waals surface area contributed by atoms with Gasteiger partial charge < -0.3 is 24.7 Å². The number of hydrogen-bond donors (Lipinski definition) is 1. The highest BCUT2D eigenvalue weighted by Gasteiger charge is 2.25. The second kappa shape index (κ2) is 6.38. The molecule has 23 heavy (non-hydrogen) atoms. The van der Waals surface area contributed by atoms with Crippen molar-refractivity contribution in [2.24, 2.45) is 5.73 Å². The Morgan fingerprint density at radius 1 is 1.09 bits per heavy atom. The smallest absolute Gasteiger partial charge is 0.203 e. The van der Waals surface area contributed by atoms with Gasteiger partial charge in [0, 0.05) is 18.5 Å². The van der Waals surface area contributed by atoms with Crippen molar-refractivity contribution in [1.29, 1.82) is 0 Å². The molecular formula is C18H21NO4. The zero-order chi connectivity index (χ0) is 16.4. The van der Waals surface area contributed by atoms with Gasteiger partial charge in [0.15, 0.2) is 11.5 Å². The van der Waals surface area contributed by atoms with E-state index in [0.717, 1.165) is 23.3 Å². The van der Waals surface area contributed by atoms with Crippen LogP contribution in [-0.2, 0) is 6.42 Å². The standard InChI is InChI=1S/C18H21NO4/c1-20-15-8-12(9-16(21-2)18(15)22-3)14-6-4-5-11-7-13(10-19)23-17(11)14/h4-6,8-9,13H,7,10,19H2,1-3H3/t13-/m0/s1. The molecule has 2 aromatic rings. The molecule has 2 aromatic carbocycles. The van der Waals surface area contributed by atoms with Crippen molar-refractivity contribution in [1.82, 2.24) is 0 Å². The van der Waals surface area contributed by atoms with E-state index in [2.05, 4.69) is 6.07 Å². The average Bonchev–Trinajstić information content (AvgIpc) is 3.03. The van der Waals surface area contributed by atoms with Gasteiger partial charge in [0.25, 0.3) is 0 Å². The van der Waals surface area contributed by atoms with Crippen molar-refractivity contribution in [3.8, 4) is 34.1 Å². The van der Waals surface area contributed by atoms with Crippen molar-refractivity contribution in [3.63, 3.8) is 0 Å². The Balaban J connectivity index is 2.12. The van der Waals surface area contributed by atoms with Crippen LogP contribution in [0.25, 0.3) is 11.1 Å². The minimum atomic E-state index is 0.0354. The average molecular weight is 315 g/mol. The molecule has 1 atom stereocenters. The van der Waals surface area contributed by atoms with E-state index in [1.54, 1.807) is 21.3 Å². The lowest BCUT2D eigenvalue weighted by atomic mass is 10.00. The Bertz CT molecular complexity index is 689. The van der Waals surface area contributed by atoms with Gasteiger partial charge >= 0.3 is 0 Å². The second-order valence-corrected chi connectivity index (χ2v) is 5.39. The maximum atomic E-state index is 6.01. The molecule has 5 nitrogen and oxygen atoms in total. The third-order valence-electron chi connectivity index (χ3n) is 4.07. The van der Waals surface area contributed by atoms with E-state index in [1.165, 1.54) is 5.56 Å². The predicted molar refractivity (Wildman–Crippen MR) is 88.7 cm³/mol. The Morgan fingerprint density at radius 2 is 1.78 bits per heavy atom. The molecule has 1 heterocycles. The molecule has 3 rings (SSSR count). The molecule has 0 spiro atoms. The number of nitrogens with two attached hydrogens (primary N) is 1. The molecule has 0 aliphatic carbocycles. The van der Waals surface area contributed by atoms with E-state index in [1.807, 2.05) is 24.3 Å². The van der Waals surface area contributed by atoms with Crippen LogP contribution in [0.4, 0.5) is 0 Å². The van der Waals surface area contributed by atoms with E-state index in [4.69, 9.17) is 24.7 Å². The lowest BCUT2D eigenvalue weighted by molar-refractivity contribution is 0.242. The van der Waals surface area contributed by atoms with Gasteiger partial charge in [0.05, 0.1) is 21.3 Å². The molecule has 0 radical (unpaired) electrons. The highest BCUT2D eigenvalue weighted by molar-refractivity contribution is 5.77. The van der Waals surface area contributed by atoms with Gasteiger partial charge in [0.2, 0.25) is 5.75 Å². The lowest BCUT2D eigenvalue weighted by Gasteiger charge is -2.16. The third-order valence-corrected chi connectivity index (χ3v) is 4.07. The molecule has 0 amide bonds. The maximum absolute atomic E-state index is 6.01. The summed E-state index contributed by atoms with van der Waals surface area (Å²) >= 11 is 0. The molecule has 1 aliphatic heterocycles. The summed E-state index contributed by atoms with van der Waals surface area (Å²) < 4.78 is 22.3. The summed E-state index contributed by atoms with van der Waals surface area (Å²) in [6.45, 7) is 0.503. The number of rotatable bonds is 5. The highest BCUT2D eigenvalue weighted by Crippen LogP contribution is 2.45. The van der Waals surface area contributed by atoms with Crippen molar-refractivity contribution in [2.75, 3.05) is 27.9 Å². The minimum absolute atomic E-state index is 0.0354. The van der Waals surface area contributed by atoms with Crippen LogP contribution in [0.1, 0.15) is 5.56 Å². The zero-order valence-electron chi connectivity index (χ0n) is 13.6. The van der Waals surface area contributed by atoms with Gasteiger partial charge in [-0.15, -0.1) is 0 Å². The number of methoxy groups -OCH3 is 3. The third kappa shape index (κ3) is 2.68. The Labute approximate surface area is 135 Å². The molecule has 0 saturated carbocycles. The lowest BCUT2D eigenvalue weighted by Crippen LogP contribution is -2.24. The fourth-order valence-electron chi connectivity index (χ4n) is 2.93. The molecule has 0 bridgehead atoms. The van der Waals surface area contributed by atoms with E-state index < -0.39 is 0 Å². The Kier molecular flexibility index (Phi) is 4.30. The fraction of sp³-hybridized carbons (Fsp3) is 0.333. The van der Waals surface area contributed by atoms with Crippen molar-refractivity contribution in [2.45, 2.75) is 12.5 Å². The van der Waals surface area contributed by atoms with Gasteiger partial charge in [-0.3, -0.25) is 0 Å². The first-order chi connectivity index (χ1) is 11.2. The van der Waals surface area contributed by atoms with Crippen LogP contribution in [0.15, 0.2) is 30.3 Å². The summed E-state index contributed by atoms with van der Waals surface area (Å²) in [7, 11) is 4.81. The van der Waals surface area contributed by atoms with Crippen molar-refractivity contribution >= 4 is 0 Å². The number of para-hydroxylation sites is 1. The summed E-state index contributed by atoms with van der Waals surface area (Å²) in [4.78, 5) is 0. The summed E-state index contributed by atoms with van der Waals surface area (Å²) in [5.41, 5.74) is 8.87. The molecular weight excluding hydrogens is 294 g/mol. The van der Waals surface area contributed by atoms with Crippen LogP contribution in [0.2, 0.25) is 0 Å².